The number of hydrogen-bond acceptors (Lipinski definition) is 2. The predicted molar refractivity (Wildman–Crippen MR) is 113 cm³/mol. The van der Waals surface area contributed by atoms with Gasteiger partial charge in [-0.3, -0.25) is 4.90 Å². The molecule has 2 nitrogen and oxygen atoms in total. The molecule has 1 saturated heterocycles. The zero-order chi connectivity index (χ0) is 19.2. The summed E-state index contributed by atoms with van der Waals surface area (Å²) in [5, 5.41) is 3.69. The van der Waals surface area contributed by atoms with Crippen LogP contribution < -0.4 is 5.32 Å². The monoisotopic (exact) mass is 374 g/mol. The molecule has 0 bridgehead atoms. The fourth-order valence-electron chi connectivity index (χ4n) is 3.90. The topological polar surface area (TPSA) is 15.3 Å². The van der Waals surface area contributed by atoms with Gasteiger partial charge in [0.2, 0.25) is 0 Å². The number of halogens is 1. The minimum absolute atomic E-state index is 0.171. The molecule has 0 aromatic heterocycles. The molecule has 3 aromatic rings. The van der Waals surface area contributed by atoms with Gasteiger partial charge >= 0.3 is 0 Å². The maximum Gasteiger partial charge on any atom is 0.131 e. The summed E-state index contributed by atoms with van der Waals surface area (Å²) in [6.45, 7) is 4.18. The normalized spacial score (nSPS) is 15.6. The van der Waals surface area contributed by atoms with Crippen molar-refractivity contribution in [3.8, 4) is 11.1 Å². The number of nitrogens with zero attached hydrogens (tertiary/aromatic N) is 1. The van der Waals surface area contributed by atoms with Gasteiger partial charge in [0.1, 0.15) is 5.82 Å². The highest BCUT2D eigenvalue weighted by molar-refractivity contribution is 5.64. The van der Waals surface area contributed by atoms with E-state index in [0.717, 1.165) is 31.7 Å². The summed E-state index contributed by atoms with van der Waals surface area (Å²) in [7, 11) is 0. The van der Waals surface area contributed by atoms with Crippen molar-refractivity contribution in [1.29, 1.82) is 0 Å². The van der Waals surface area contributed by atoms with Crippen molar-refractivity contribution in [1.82, 2.24) is 10.2 Å². The molecule has 0 saturated carbocycles. The number of likely N-dealkylation sites (tertiary alicyclic amines) is 1. The molecule has 0 atom stereocenters. The highest BCUT2D eigenvalue weighted by Crippen LogP contribution is 2.23. The quantitative estimate of drug-likeness (QED) is 0.634. The third kappa shape index (κ3) is 4.86. The van der Waals surface area contributed by atoms with Crippen molar-refractivity contribution in [2.45, 2.75) is 32.0 Å². The summed E-state index contributed by atoms with van der Waals surface area (Å²) in [4.78, 5) is 2.54. The molecule has 0 spiro atoms. The second-order valence-corrected chi connectivity index (χ2v) is 7.59. The van der Waals surface area contributed by atoms with E-state index in [1.807, 2.05) is 24.3 Å². The van der Waals surface area contributed by atoms with Gasteiger partial charge < -0.3 is 5.32 Å². The summed E-state index contributed by atoms with van der Waals surface area (Å²) in [5.74, 6) is -0.171. The summed E-state index contributed by atoms with van der Waals surface area (Å²) in [6.07, 6.45) is 2.36. The molecule has 1 fully saturated rings. The van der Waals surface area contributed by atoms with Crippen LogP contribution in [0.25, 0.3) is 11.1 Å². The second kappa shape index (κ2) is 9.13. The van der Waals surface area contributed by atoms with E-state index >= 15 is 0 Å². The third-order valence-electron chi connectivity index (χ3n) is 5.57. The van der Waals surface area contributed by atoms with E-state index in [1.165, 1.54) is 30.0 Å². The van der Waals surface area contributed by atoms with Crippen LogP contribution in [-0.4, -0.2) is 24.0 Å². The largest absolute Gasteiger partial charge is 0.310 e. The van der Waals surface area contributed by atoms with Crippen molar-refractivity contribution in [2.24, 2.45) is 0 Å². The minimum atomic E-state index is -0.171. The Morgan fingerprint density at radius 3 is 2.18 bits per heavy atom. The molecular weight excluding hydrogens is 347 g/mol. The van der Waals surface area contributed by atoms with E-state index < -0.39 is 0 Å². The number of nitrogens with one attached hydrogen (secondary N) is 1. The molecule has 0 aliphatic carbocycles. The van der Waals surface area contributed by atoms with Crippen LogP contribution in [0.3, 0.4) is 0 Å². The van der Waals surface area contributed by atoms with Crippen LogP contribution in [0.15, 0.2) is 78.9 Å². The first-order valence-corrected chi connectivity index (χ1v) is 10.1. The molecular formula is C25H27FN2. The number of hydrogen-bond donors (Lipinski definition) is 1. The molecule has 1 aliphatic rings. The van der Waals surface area contributed by atoms with Gasteiger partial charge in [0.25, 0.3) is 0 Å². The number of piperidine rings is 1. The van der Waals surface area contributed by atoms with E-state index in [-0.39, 0.29) is 5.82 Å². The van der Waals surface area contributed by atoms with Crippen LogP contribution in [0.1, 0.15) is 24.0 Å². The highest BCUT2D eigenvalue weighted by atomic mass is 19.1. The maximum absolute atomic E-state index is 13.9. The maximum atomic E-state index is 13.9. The van der Waals surface area contributed by atoms with Gasteiger partial charge in [-0.05, 0) is 48.7 Å². The predicted octanol–water partition coefficient (Wildman–Crippen LogP) is 5.25. The zero-order valence-electron chi connectivity index (χ0n) is 16.2. The molecule has 1 heterocycles. The Labute approximate surface area is 167 Å². The van der Waals surface area contributed by atoms with Crippen LogP contribution in [0, 0.1) is 5.82 Å². The summed E-state index contributed by atoms with van der Waals surface area (Å²) >= 11 is 0. The molecule has 3 heteroatoms. The third-order valence-corrected chi connectivity index (χ3v) is 5.57. The molecule has 4 rings (SSSR count). The van der Waals surface area contributed by atoms with Crippen molar-refractivity contribution in [2.75, 3.05) is 13.1 Å². The average Bonchev–Trinajstić information content (AvgIpc) is 2.75. The van der Waals surface area contributed by atoms with E-state index in [9.17, 15) is 4.39 Å². The van der Waals surface area contributed by atoms with Crippen LogP contribution >= 0.6 is 0 Å². The molecule has 3 aromatic carbocycles. The first-order valence-electron chi connectivity index (χ1n) is 10.1. The summed E-state index contributed by atoms with van der Waals surface area (Å²) in [5.41, 5.74) is 4.22. The Morgan fingerprint density at radius 2 is 1.46 bits per heavy atom. The average molecular weight is 375 g/mol. The Balaban J connectivity index is 1.25. The first-order chi connectivity index (χ1) is 13.8. The summed E-state index contributed by atoms with van der Waals surface area (Å²) in [6, 6.07) is 26.4. The number of benzene rings is 3. The Morgan fingerprint density at radius 1 is 0.786 bits per heavy atom. The van der Waals surface area contributed by atoms with Gasteiger partial charge in [-0.15, -0.1) is 0 Å². The van der Waals surface area contributed by atoms with Crippen molar-refractivity contribution < 1.29 is 4.39 Å². The first kappa shape index (κ1) is 18.9. The van der Waals surface area contributed by atoms with Gasteiger partial charge in [0.05, 0.1) is 0 Å². The molecule has 1 N–H and O–H groups in total. The van der Waals surface area contributed by atoms with Gasteiger partial charge in [-0.25, -0.2) is 4.39 Å². The standard InChI is InChI=1S/C25H27FN2/c26-25-9-5-4-8-24(25)22-12-10-20(11-13-22)18-27-23-14-16-28(17-15-23)19-21-6-2-1-3-7-21/h1-13,23,27H,14-19H2. The molecule has 0 amide bonds. The molecule has 0 radical (unpaired) electrons. The van der Waals surface area contributed by atoms with Gasteiger partial charge in [0, 0.05) is 24.7 Å². The van der Waals surface area contributed by atoms with Crippen LogP contribution in [0.4, 0.5) is 4.39 Å². The van der Waals surface area contributed by atoms with Crippen molar-refractivity contribution in [3.63, 3.8) is 0 Å². The molecule has 144 valence electrons. The van der Waals surface area contributed by atoms with Gasteiger partial charge in [-0.1, -0.05) is 72.8 Å². The fourth-order valence-corrected chi connectivity index (χ4v) is 3.90. The molecule has 28 heavy (non-hydrogen) atoms. The Bertz CT molecular complexity index is 869. The van der Waals surface area contributed by atoms with E-state index in [0.29, 0.717) is 11.6 Å². The minimum Gasteiger partial charge on any atom is -0.310 e. The SMILES string of the molecule is Fc1ccccc1-c1ccc(CNC2CCN(Cc3ccccc3)CC2)cc1. The van der Waals surface area contributed by atoms with Crippen LogP contribution in [-0.2, 0) is 13.1 Å². The lowest BCUT2D eigenvalue weighted by atomic mass is 10.0. The van der Waals surface area contributed by atoms with Crippen molar-refractivity contribution >= 4 is 0 Å². The Kier molecular flexibility index (Phi) is 6.15. The van der Waals surface area contributed by atoms with E-state index in [1.54, 1.807) is 6.07 Å². The second-order valence-electron chi connectivity index (χ2n) is 7.59. The smallest absolute Gasteiger partial charge is 0.131 e. The van der Waals surface area contributed by atoms with Crippen molar-refractivity contribution in [3.05, 3.63) is 95.8 Å². The lowest BCUT2D eigenvalue weighted by Gasteiger charge is -2.32. The Hall–Kier alpha value is -2.49. The number of rotatable bonds is 6. The van der Waals surface area contributed by atoms with Crippen LogP contribution in [0.5, 0.6) is 0 Å². The fraction of sp³-hybridized carbons (Fsp3) is 0.280. The highest BCUT2D eigenvalue weighted by Gasteiger charge is 2.18. The van der Waals surface area contributed by atoms with Gasteiger partial charge in [0.15, 0.2) is 0 Å². The van der Waals surface area contributed by atoms with Crippen LogP contribution in [0.2, 0.25) is 0 Å². The van der Waals surface area contributed by atoms with E-state index in [4.69, 9.17) is 0 Å². The summed E-state index contributed by atoms with van der Waals surface area (Å²) < 4.78 is 13.9. The lowest BCUT2D eigenvalue weighted by molar-refractivity contribution is 0.190. The zero-order valence-corrected chi connectivity index (χ0v) is 16.2. The van der Waals surface area contributed by atoms with Gasteiger partial charge in [-0.2, -0.15) is 0 Å². The van der Waals surface area contributed by atoms with E-state index in [2.05, 4.69) is 52.7 Å². The lowest BCUT2D eigenvalue weighted by Crippen LogP contribution is -2.41. The molecule has 0 unspecified atom stereocenters. The molecule has 1 aliphatic heterocycles.